The number of phenolic OH excluding ortho intramolecular Hbond substituents is 2. The fourth-order valence-corrected chi connectivity index (χ4v) is 6.28. The molecule has 0 saturated carbocycles. The number of anilines is 1. The van der Waals surface area contributed by atoms with Crippen LogP contribution in [0.2, 0.25) is 0 Å². The van der Waals surface area contributed by atoms with E-state index in [9.17, 15) is 29.9 Å². The van der Waals surface area contributed by atoms with Gasteiger partial charge in [0.2, 0.25) is 5.75 Å². The highest BCUT2D eigenvalue weighted by molar-refractivity contribution is 5.99. The zero-order chi connectivity index (χ0) is 28.4. The van der Waals surface area contributed by atoms with Gasteiger partial charge in [0, 0.05) is 57.4 Å². The molecule has 2 amide bonds. The number of nitrogens with two attached hydrogens (primary N) is 1. The van der Waals surface area contributed by atoms with Crippen LogP contribution in [0.4, 0.5) is 11.4 Å². The van der Waals surface area contributed by atoms with Gasteiger partial charge in [0.25, 0.3) is 11.8 Å². The Morgan fingerprint density at radius 2 is 1.27 bits per heavy atom. The van der Waals surface area contributed by atoms with Crippen LogP contribution in [0, 0.1) is 10.1 Å². The number of nitro benzene ring substituents is 1. The normalized spacial score (nSPS) is 22.7. The fourth-order valence-electron chi connectivity index (χ4n) is 6.28. The standard InChI is InChI=1S/C14H17N3O4.C14H19N3O2/c18-13-11(4-1-5-12(13)17(20)21)14(19)16-8-7-15-6-2-3-10(15)9-16;15-12-5-1-4-11(13(12)18)14(19)17-8-7-16-6-2-3-10(16)9-17/h1,4-5,10,18H,2-3,6-9H2;1,4-5,10,18H,2-3,6-9,15H2/t2*10-/m00/s1. The Hall–Kier alpha value is -3.90. The van der Waals surface area contributed by atoms with E-state index in [-0.39, 0.29) is 28.8 Å². The van der Waals surface area contributed by atoms with Crippen LogP contribution < -0.4 is 5.73 Å². The van der Waals surface area contributed by atoms with Gasteiger partial charge in [0.1, 0.15) is 0 Å². The van der Waals surface area contributed by atoms with Crippen molar-refractivity contribution in [1.82, 2.24) is 19.6 Å². The predicted octanol–water partition coefficient (Wildman–Crippen LogP) is 2.12. The number of aromatic hydroxyl groups is 2. The molecule has 4 N–H and O–H groups in total. The molecule has 0 aromatic heterocycles. The zero-order valence-corrected chi connectivity index (χ0v) is 22.4. The first-order chi connectivity index (χ1) is 19.2. The maximum absolute atomic E-state index is 12.5. The Morgan fingerprint density at radius 3 is 1.80 bits per heavy atom. The molecule has 4 fully saturated rings. The summed E-state index contributed by atoms with van der Waals surface area (Å²) in [6, 6.07) is 9.86. The van der Waals surface area contributed by atoms with Crippen LogP contribution in [0.25, 0.3) is 0 Å². The first-order valence-electron chi connectivity index (χ1n) is 13.8. The predicted molar refractivity (Wildman–Crippen MR) is 148 cm³/mol. The van der Waals surface area contributed by atoms with Crippen LogP contribution in [0.5, 0.6) is 11.5 Å². The van der Waals surface area contributed by atoms with E-state index in [0.29, 0.717) is 30.7 Å². The molecule has 4 aliphatic rings. The molecule has 2 aromatic carbocycles. The second-order valence-corrected chi connectivity index (χ2v) is 10.8. The maximum Gasteiger partial charge on any atom is 0.311 e. The van der Waals surface area contributed by atoms with Gasteiger partial charge in [-0.25, -0.2) is 0 Å². The molecule has 0 spiro atoms. The third kappa shape index (κ3) is 5.54. The summed E-state index contributed by atoms with van der Waals surface area (Å²) in [7, 11) is 0. The van der Waals surface area contributed by atoms with Gasteiger partial charge in [-0.1, -0.05) is 12.1 Å². The van der Waals surface area contributed by atoms with Crippen molar-refractivity contribution in [2.45, 2.75) is 37.8 Å². The SMILES string of the molecule is Nc1cccc(C(=O)N2CCN3CCC[C@H]3C2)c1O.O=C(c1cccc([N+](=O)[O-])c1O)N1CCN2CCC[C@H]2C1. The fraction of sp³-hybridized carbons (Fsp3) is 0.500. The largest absolute Gasteiger partial charge is 0.505 e. The number of piperazine rings is 2. The van der Waals surface area contributed by atoms with E-state index < -0.39 is 16.4 Å². The molecule has 0 bridgehead atoms. The van der Waals surface area contributed by atoms with E-state index in [2.05, 4.69) is 9.80 Å². The molecule has 4 aliphatic heterocycles. The van der Waals surface area contributed by atoms with E-state index in [0.717, 1.165) is 58.5 Å². The highest BCUT2D eigenvalue weighted by Gasteiger charge is 2.35. The van der Waals surface area contributed by atoms with Gasteiger partial charge in [-0.3, -0.25) is 29.5 Å². The summed E-state index contributed by atoms with van der Waals surface area (Å²) < 4.78 is 0. The molecule has 4 saturated heterocycles. The maximum atomic E-state index is 12.5. The molecule has 2 atom stereocenters. The molecule has 4 heterocycles. The van der Waals surface area contributed by atoms with E-state index in [1.54, 1.807) is 23.1 Å². The monoisotopic (exact) mass is 552 g/mol. The number of carbonyl (C=O) groups is 2. The number of para-hydroxylation sites is 2. The van der Waals surface area contributed by atoms with Crippen LogP contribution >= 0.6 is 0 Å². The van der Waals surface area contributed by atoms with Crippen molar-refractivity contribution in [3.8, 4) is 11.5 Å². The number of phenols is 2. The number of hydrogen-bond acceptors (Lipinski definition) is 9. The highest BCUT2D eigenvalue weighted by Crippen LogP contribution is 2.32. The minimum atomic E-state index is -0.680. The van der Waals surface area contributed by atoms with E-state index >= 15 is 0 Å². The average Bonchev–Trinajstić information content (AvgIpc) is 3.63. The van der Waals surface area contributed by atoms with Gasteiger partial charge in [-0.2, -0.15) is 0 Å². The summed E-state index contributed by atoms with van der Waals surface area (Å²) in [4.78, 5) is 43.5. The summed E-state index contributed by atoms with van der Waals surface area (Å²) in [5.74, 6) is -1.08. The van der Waals surface area contributed by atoms with Crippen molar-refractivity contribution in [1.29, 1.82) is 0 Å². The second-order valence-electron chi connectivity index (χ2n) is 10.8. The minimum absolute atomic E-state index is 0.00986. The number of hydrogen-bond donors (Lipinski definition) is 3. The summed E-state index contributed by atoms with van der Waals surface area (Å²) in [5.41, 5.74) is 5.79. The van der Waals surface area contributed by atoms with Gasteiger partial charge in [0.15, 0.2) is 5.75 Å². The first kappa shape index (κ1) is 27.7. The van der Waals surface area contributed by atoms with Crippen LogP contribution in [0.1, 0.15) is 46.4 Å². The Morgan fingerprint density at radius 1 is 0.775 bits per heavy atom. The van der Waals surface area contributed by atoms with E-state index in [1.807, 2.05) is 4.90 Å². The van der Waals surface area contributed by atoms with Crippen LogP contribution in [-0.2, 0) is 0 Å². The molecule has 0 unspecified atom stereocenters. The number of benzene rings is 2. The molecule has 6 rings (SSSR count). The van der Waals surface area contributed by atoms with E-state index in [4.69, 9.17) is 5.73 Å². The van der Waals surface area contributed by atoms with Crippen molar-refractivity contribution in [2.24, 2.45) is 0 Å². The molecule has 40 heavy (non-hydrogen) atoms. The number of amides is 2. The van der Waals surface area contributed by atoms with Gasteiger partial charge in [-0.05, 0) is 57.0 Å². The Balaban J connectivity index is 0.000000162. The molecule has 2 aromatic rings. The molecule has 0 aliphatic carbocycles. The molecule has 12 nitrogen and oxygen atoms in total. The number of rotatable bonds is 3. The van der Waals surface area contributed by atoms with Crippen LogP contribution in [0.15, 0.2) is 36.4 Å². The second kappa shape index (κ2) is 11.7. The summed E-state index contributed by atoms with van der Waals surface area (Å²) in [6.07, 6.45) is 4.60. The van der Waals surface area contributed by atoms with Gasteiger partial charge >= 0.3 is 5.69 Å². The van der Waals surface area contributed by atoms with Crippen LogP contribution in [-0.4, -0.2) is 111 Å². The lowest BCUT2D eigenvalue weighted by Crippen LogP contribution is -2.52. The molecule has 0 radical (unpaired) electrons. The average molecular weight is 553 g/mol. The van der Waals surface area contributed by atoms with Crippen molar-refractivity contribution >= 4 is 23.2 Å². The number of nitro groups is 1. The van der Waals surface area contributed by atoms with Crippen LogP contribution in [0.3, 0.4) is 0 Å². The van der Waals surface area contributed by atoms with Crippen molar-refractivity contribution in [3.05, 3.63) is 57.6 Å². The lowest BCUT2D eigenvalue weighted by Gasteiger charge is -2.37. The lowest BCUT2D eigenvalue weighted by molar-refractivity contribution is -0.385. The highest BCUT2D eigenvalue weighted by atomic mass is 16.6. The topological polar surface area (TPSA) is 157 Å². The quantitative estimate of drug-likeness (QED) is 0.225. The van der Waals surface area contributed by atoms with Crippen molar-refractivity contribution < 1.29 is 24.7 Å². The van der Waals surface area contributed by atoms with Gasteiger partial charge < -0.3 is 25.7 Å². The van der Waals surface area contributed by atoms with Crippen molar-refractivity contribution in [3.63, 3.8) is 0 Å². The molecule has 214 valence electrons. The Labute approximate surface area is 232 Å². The van der Waals surface area contributed by atoms with E-state index in [1.165, 1.54) is 24.6 Å². The molecular formula is C28H36N6O6. The van der Waals surface area contributed by atoms with Crippen molar-refractivity contribution in [2.75, 3.05) is 58.1 Å². The summed E-state index contributed by atoms with van der Waals surface area (Å²) >= 11 is 0. The summed E-state index contributed by atoms with van der Waals surface area (Å²) in [6.45, 7) is 6.69. The Kier molecular flexibility index (Phi) is 8.08. The molecule has 12 heteroatoms. The summed E-state index contributed by atoms with van der Waals surface area (Å²) in [5, 5.41) is 30.7. The third-order valence-corrected chi connectivity index (χ3v) is 8.49. The smallest absolute Gasteiger partial charge is 0.311 e. The number of fused-ring (bicyclic) bond motifs is 2. The van der Waals surface area contributed by atoms with Gasteiger partial charge in [-0.15, -0.1) is 0 Å². The number of nitrogen functional groups attached to an aromatic ring is 1. The Bertz CT molecular complexity index is 1290. The number of nitrogens with zero attached hydrogens (tertiary/aromatic N) is 5. The third-order valence-electron chi connectivity index (χ3n) is 8.49. The first-order valence-corrected chi connectivity index (χ1v) is 13.8. The minimum Gasteiger partial charge on any atom is -0.505 e. The van der Waals surface area contributed by atoms with Gasteiger partial charge in [0.05, 0.1) is 21.7 Å². The number of carbonyl (C=O) groups excluding carboxylic acids is 2. The lowest BCUT2D eigenvalue weighted by atomic mass is 10.1. The molecular weight excluding hydrogens is 516 g/mol. The zero-order valence-electron chi connectivity index (χ0n) is 22.4.